The van der Waals surface area contributed by atoms with E-state index in [1.807, 2.05) is 6.92 Å². The Hall–Kier alpha value is -0.610. The van der Waals surface area contributed by atoms with Crippen LogP contribution in [-0.4, -0.2) is 23.9 Å². The standard InChI is InChI=1S/C6H10O4/c1-4-2-3-9-5(4)6(7)10-8/h4-5,8H,2-3H2,1H3/t4-,5+/m0/s1. The van der Waals surface area contributed by atoms with Crippen LogP contribution in [0.3, 0.4) is 0 Å². The third-order valence-electron chi connectivity index (χ3n) is 1.71. The molecule has 0 aromatic carbocycles. The molecule has 0 spiro atoms. The van der Waals surface area contributed by atoms with Gasteiger partial charge in [0.15, 0.2) is 6.10 Å². The molecule has 0 saturated carbocycles. The number of carbonyl (C=O) groups excluding carboxylic acids is 1. The maximum absolute atomic E-state index is 10.6. The number of carbonyl (C=O) groups is 1. The molecule has 0 aromatic heterocycles. The van der Waals surface area contributed by atoms with E-state index in [9.17, 15) is 4.79 Å². The first-order chi connectivity index (χ1) is 4.75. The van der Waals surface area contributed by atoms with E-state index >= 15 is 0 Å². The summed E-state index contributed by atoms with van der Waals surface area (Å²) >= 11 is 0. The van der Waals surface area contributed by atoms with Crippen molar-refractivity contribution in [3.05, 3.63) is 0 Å². The van der Waals surface area contributed by atoms with E-state index in [1.165, 1.54) is 0 Å². The van der Waals surface area contributed by atoms with Gasteiger partial charge in [-0.25, -0.2) is 4.79 Å². The predicted octanol–water partition coefficient (Wildman–Crippen LogP) is 0.428. The Kier molecular flexibility index (Phi) is 2.24. The quantitative estimate of drug-likeness (QED) is 0.430. The van der Waals surface area contributed by atoms with Crippen molar-refractivity contribution in [2.75, 3.05) is 6.61 Å². The zero-order chi connectivity index (χ0) is 7.56. The van der Waals surface area contributed by atoms with Crippen LogP contribution >= 0.6 is 0 Å². The second kappa shape index (κ2) is 2.98. The number of hydrogen-bond acceptors (Lipinski definition) is 4. The van der Waals surface area contributed by atoms with Crippen LogP contribution in [0.4, 0.5) is 0 Å². The van der Waals surface area contributed by atoms with Crippen molar-refractivity contribution in [1.82, 2.24) is 0 Å². The van der Waals surface area contributed by atoms with Crippen LogP contribution in [0.15, 0.2) is 0 Å². The van der Waals surface area contributed by atoms with Crippen LogP contribution in [0.5, 0.6) is 0 Å². The summed E-state index contributed by atoms with van der Waals surface area (Å²) in [5, 5.41) is 7.98. The van der Waals surface area contributed by atoms with E-state index in [0.717, 1.165) is 6.42 Å². The molecule has 0 aliphatic carbocycles. The molecule has 0 bridgehead atoms. The smallest absolute Gasteiger partial charge is 0.366 e. The van der Waals surface area contributed by atoms with Crippen LogP contribution in [0.25, 0.3) is 0 Å². The highest BCUT2D eigenvalue weighted by Crippen LogP contribution is 2.20. The third-order valence-corrected chi connectivity index (χ3v) is 1.71. The van der Waals surface area contributed by atoms with Crippen LogP contribution in [0.2, 0.25) is 0 Å². The summed E-state index contributed by atoms with van der Waals surface area (Å²) in [7, 11) is 0. The molecule has 4 nitrogen and oxygen atoms in total. The number of rotatable bonds is 1. The van der Waals surface area contributed by atoms with Crippen molar-refractivity contribution in [2.24, 2.45) is 5.92 Å². The molecule has 0 aromatic rings. The normalized spacial score (nSPS) is 32.2. The summed E-state index contributed by atoms with van der Waals surface area (Å²) in [4.78, 5) is 14.2. The van der Waals surface area contributed by atoms with Gasteiger partial charge in [-0.1, -0.05) is 6.92 Å². The average molecular weight is 146 g/mol. The first-order valence-corrected chi connectivity index (χ1v) is 3.22. The summed E-state index contributed by atoms with van der Waals surface area (Å²) in [5.74, 6) is -0.537. The Morgan fingerprint density at radius 1 is 1.80 bits per heavy atom. The van der Waals surface area contributed by atoms with Gasteiger partial charge in [0.25, 0.3) is 0 Å². The largest absolute Gasteiger partial charge is 0.370 e. The SMILES string of the molecule is C[C@H]1CCO[C@H]1C(=O)OO. The molecule has 58 valence electrons. The highest BCUT2D eigenvalue weighted by atomic mass is 17.1. The molecule has 1 heterocycles. The van der Waals surface area contributed by atoms with Gasteiger partial charge in [0, 0.05) is 6.61 Å². The van der Waals surface area contributed by atoms with Gasteiger partial charge in [-0.05, 0) is 12.3 Å². The van der Waals surface area contributed by atoms with Gasteiger partial charge in [-0.3, -0.25) is 4.89 Å². The molecule has 0 unspecified atom stereocenters. The first-order valence-electron chi connectivity index (χ1n) is 3.22. The van der Waals surface area contributed by atoms with Crippen molar-refractivity contribution in [2.45, 2.75) is 19.4 Å². The summed E-state index contributed by atoms with van der Waals surface area (Å²) in [6.07, 6.45) is 0.282. The van der Waals surface area contributed by atoms with E-state index < -0.39 is 12.1 Å². The Labute approximate surface area is 58.7 Å². The second-order valence-electron chi connectivity index (χ2n) is 2.47. The predicted molar refractivity (Wildman–Crippen MR) is 32.2 cm³/mol. The molecule has 4 heteroatoms. The average Bonchev–Trinajstić information content (AvgIpc) is 2.34. The Morgan fingerprint density at radius 2 is 2.50 bits per heavy atom. The van der Waals surface area contributed by atoms with E-state index in [0.29, 0.717) is 6.61 Å². The minimum Gasteiger partial charge on any atom is -0.366 e. The highest BCUT2D eigenvalue weighted by molar-refractivity contribution is 5.74. The zero-order valence-electron chi connectivity index (χ0n) is 5.74. The molecule has 1 rings (SSSR count). The minimum absolute atomic E-state index is 0.152. The fourth-order valence-corrected chi connectivity index (χ4v) is 1.05. The summed E-state index contributed by atoms with van der Waals surface area (Å²) in [6, 6.07) is 0. The van der Waals surface area contributed by atoms with Gasteiger partial charge in [0.05, 0.1) is 0 Å². The van der Waals surface area contributed by atoms with Gasteiger partial charge in [0.1, 0.15) is 0 Å². The van der Waals surface area contributed by atoms with Gasteiger partial charge in [0.2, 0.25) is 0 Å². The second-order valence-corrected chi connectivity index (χ2v) is 2.47. The third kappa shape index (κ3) is 1.27. The minimum atomic E-state index is -0.690. The van der Waals surface area contributed by atoms with Crippen LogP contribution in [0.1, 0.15) is 13.3 Å². The summed E-state index contributed by atoms with van der Waals surface area (Å²) in [6.45, 7) is 2.45. The van der Waals surface area contributed by atoms with Crippen molar-refractivity contribution in [3.8, 4) is 0 Å². The van der Waals surface area contributed by atoms with Crippen LogP contribution < -0.4 is 0 Å². The van der Waals surface area contributed by atoms with Crippen molar-refractivity contribution in [3.63, 3.8) is 0 Å². The lowest BCUT2D eigenvalue weighted by atomic mass is 10.1. The van der Waals surface area contributed by atoms with Crippen LogP contribution in [0, 0.1) is 5.92 Å². The van der Waals surface area contributed by atoms with Crippen molar-refractivity contribution >= 4 is 5.97 Å². The van der Waals surface area contributed by atoms with Crippen molar-refractivity contribution in [1.29, 1.82) is 0 Å². The van der Waals surface area contributed by atoms with Gasteiger partial charge in [-0.15, -0.1) is 0 Å². The lowest BCUT2D eigenvalue weighted by Gasteiger charge is -2.08. The maximum atomic E-state index is 10.6. The highest BCUT2D eigenvalue weighted by Gasteiger charge is 2.32. The van der Waals surface area contributed by atoms with E-state index in [1.54, 1.807) is 0 Å². The fourth-order valence-electron chi connectivity index (χ4n) is 1.05. The Bertz CT molecular complexity index is 134. The first kappa shape index (κ1) is 7.50. The van der Waals surface area contributed by atoms with E-state index in [2.05, 4.69) is 4.89 Å². The molecule has 2 atom stereocenters. The molecule has 0 radical (unpaired) electrons. The van der Waals surface area contributed by atoms with Gasteiger partial charge in [-0.2, -0.15) is 5.26 Å². The molecule has 1 aliphatic heterocycles. The molecular formula is C6H10O4. The van der Waals surface area contributed by atoms with E-state index in [-0.39, 0.29) is 5.92 Å². The maximum Gasteiger partial charge on any atom is 0.370 e. The van der Waals surface area contributed by atoms with Crippen molar-refractivity contribution < 1.29 is 19.7 Å². The molecule has 1 N–H and O–H groups in total. The fraction of sp³-hybridized carbons (Fsp3) is 0.833. The molecule has 1 fully saturated rings. The van der Waals surface area contributed by atoms with Gasteiger partial charge < -0.3 is 4.74 Å². The molecule has 1 saturated heterocycles. The number of ether oxygens (including phenoxy) is 1. The summed E-state index contributed by atoms with van der Waals surface area (Å²) < 4.78 is 4.98. The molecular weight excluding hydrogens is 136 g/mol. The zero-order valence-corrected chi connectivity index (χ0v) is 5.74. The number of hydrogen-bond donors (Lipinski definition) is 1. The van der Waals surface area contributed by atoms with E-state index in [4.69, 9.17) is 9.99 Å². The topological polar surface area (TPSA) is 55.8 Å². The Balaban J connectivity index is 2.46. The molecule has 1 aliphatic rings. The lowest BCUT2D eigenvalue weighted by Crippen LogP contribution is -2.26. The monoisotopic (exact) mass is 146 g/mol. The summed E-state index contributed by atoms with van der Waals surface area (Å²) in [5.41, 5.74) is 0. The van der Waals surface area contributed by atoms with Gasteiger partial charge >= 0.3 is 5.97 Å². The van der Waals surface area contributed by atoms with Crippen LogP contribution in [-0.2, 0) is 14.4 Å². The Morgan fingerprint density at radius 3 is 2.90 bits per heavy atom. The lowest BCUT2D eigenvalue weighted by molar-refractivity contribution is -0.244. The molecule has 10 heavy (non-hydrogen) atoms. The molecule has 0 amide bonds.